The molecular formula is C17H24ClFN2O3. The molecule has 1 aliphatic heterocycles. The van der Waals surface area contributed by atoms with E-state index in [0.717, 1.165) is 0 Å². The standard InChI is InChI=1S/C17H24ClFN2O3/c1-11-10-20(16(22)24-17(2,3)4)6-7-21(11)12-8-13(19)15(18)14(9-12)23-5/h8-9,11H,6-7,10H2,1-5H3/t11-/m0/s1. The van der Waals surface area contributed by atoms with Gasteiger partial charge in [0.25, 0.3) is 0 Å². The van der Waals surface area contributed by atoms with E-state index >= 15 is 0 Å². The minimum atomic E-state index is -0.524. The summed E-state index contributed by atoms with van der Waals surface area (Å²) in [7, 11) is 1.45. The Morgan fingerprint density at radius 1 is 1.33 bits per heavy atom. The van der Waals surface area contributed by atoms with E-state index in [2.05, 4.69) is 0 Å². The van der Waals surface area contributed by atoms with E-state index in [1.165, 1.54) is 13.2 Å². The molecule has 0 saturated carbocycles. The van der Waals surface area contributed by atoms with Gasteiger partial charge < -0.3 is 19.3 Å². The zero-order chi connectivity index (χ0) is 18.1. The molecule has 1 aliphatic rings. The van der Waals surface area contributed by atoms with Crippen molar-refractivity contribution in [2.24, 2.45) is 0 Å². The lowest BCUT2D eigenvalue weighted by atomic mass is 10.1. The highest BCUT2D eigenvalue weighted by Gasteiger charge is 2.30. The summed E-state index contributed by atoms with van der Waals surface area (Å²) < 4.78 is 24.5. The van der Waals surface area contributed by atoms with Crippen molar-refractivity contribution in [1.29, 1.82) is 0 Å². The lowest BCUT2D eigenvalue weighted by molar-refractivity contribution is 0.0218. The van der Waals surface area contributed by atoms with Gasteiger partial charge in [-0.25, -0.2) is 9.18 Å². The van der Waals surface area contributed by atoms with Crippen molar-refractivity contribution in [3.63, 3.8) is 0 Å². The number of carbonyl (C=O) groups is 1. The molecule has 1 aromatic carbocycles. The van der Waals surface area contributed by atoms with Crippen LogP contribution in [-0.4, -0.2) is 49.4 Å². The van der Waals surface area contributed by atoms with E-state index in [0.29, 0.717) is 31.1 Å². The number of anilines is 1. The molecule has 134 valence electrons. The Bertz CT molecular complexity index is 619. The second-order valence-electron chi connectivity index (χ2n) is 6.91. The number of carbonyl (C=O) groups excluding carboxylic acids is 1. The molecule has 0 bridgehead atoms. The highest BCUT2D eigenvalue weighted by molar-refractivity contribution is 6.32. The minimum Gasteiger partial charge on any atom is -0.495 e. The van der Waals surface area contributed by atoms with Crippen LogP contribution in [0.5, 0.6) is 5.75 Å². The maximum absolute atomic E-state index is 14.0. The smallest absolute Gasteiger partial charge is 0.410 e. The molecule has 0 aromatic heterocycles. The average Bonchev–Trinajstić information content (AvgIpc) is 2.48. The van der Waals surface area contributed by atoms with Gasteiger partial charge in [-0.3, -0.25) is 0 Å². The Morgan fingerprint density at radius 2 is 2.00 bits per heavy atom. The molecule has 0 unspecified atom stereocenters. The fourth-order valence-corrected chi connectivity index (χ4v) is 2.88. The molecule has 5 nitrogen and oxygen atoms in total. The average molecular weight is 359 g/mol. The number of amides is 1. The first kappa shape index (κ1) is 18.6. The summed E-state index contributed by atoms with van der Waals surface area (Å²) in [6.07, 6.45) is -0.325. The monoisotopic (exact) mass is 358 g/mol. The van der Waals surface area contributed by atoms with E-state index in [-0.39, 0.29) is 17.2 Å². The Balaban J connectivity index is 2.12. The van der Waals surface area contributed by atoms with Gasteiger partial charge in [0, 0.05) is 37.4 Å². The fourth-order valence-electron chi connectivity index (χ4n) is 2.70. The number of hydrogen-bond donors (Lipinski definition) is 0. The number of piperazine rings is 1. The SMILES string of the molecule is COc1cc(N2CCN(C(=O)OC(C)(C)C)C[C@@H]2C)cc(F)c1Cl. The number of benzene rings is 1. The van der Waals surface area contributed by atoms with Crippen LogP contribution in [0.4, 0.5) is 14.9 Å². The van der Waals surface area contributed by atoms with Gasteiger partial charge in [0.2, 0.25) is 0 Å². The first-order chi connectivity index (χ1) is 11.1. The van der Waals surface area contributed by atoms with Gasteiger partial charge in [-0.05, 0) is 33.8 Å². The predicted molar refractivity (Wildman–Crippen MR) is 92.6 cm³/mol. The Morgan fingerprint density at radius 3 is 2.54 bits per heavy atom. The van der Waals surface area contributed by atoms with Gasteiger partial charge >= 0.3 is 6.09 Å². The molecule has 1 atom stereocenters. The number of nitrogens with zero attached hydrogens (tertiary/aromatic N) is 2. The summed E-state index contributed by atoms with van der Waals surface area (Å²) >= 11 is 5.88. The summed E-state index contributed by atoms with van der Waals surface area (Å²) in [5, 5.41) is -0.0266. The highest BCUT2D eigenvalue weighted by Crippen LogP contribution is 2.33. The summed E-state index contributed by atoms with van der Waals surface area (Å²) in [6.45, 7) is 9.08. The number of hydrogen-bond acceptors (Lipinski definition) is 4. The third-order valence-electron chi connectivity index (χ3n) is 3.81. The third kappa shape index (κ3) is 4.23. The first-order valence-corrected chi connectivity index (χ1v) is 8.28. The van der Waals surface area contributed by atoms with E-state index in [1.807, 2.05) is 32.6 Å². The molecule has 0 aliphatic carbocycles. The number of ether oxygens (including phenoxy) is 2. The predicted octanol–water partition coefficient (Wildman–Crippen LogP) is 3.93. The fraction of sp³-hybridized carbons (Fsp3) is 0.588. The van der Waals surface area contributed by atoms with Gasteiger partial charge in [0.05, 0.1) is 7.11 Å². The van der Waals surface area contributed by atoms with E-state index < -0.39 is 11.4 Å². The molecule has 7 heteroatoms. The van der Waals surface area contributed by atoms with Gasteiger partial charge in [-0.2, -0.15) is 0 Å². The molecule has 1 aromatic rings. The second kappa shape index (κ2) is 7.05. The van der Waals surface area contributed by atoms with Crippen molar-refractivity contribution >= 4 is 23.4 Å². The second-order valence-corrected chi connectivity index (χ2v) is 7.29. The van der Waals surface area contributed by atoms with Crippen LogP contribution in [0.15, 0.2) is 12.1 Å². The van der Waals surface area contributed by atoms with E-state index in [1.54, 1.807) is 11.0 Å². The zero-order valence-corrected chi connectivity index (χ0v) is 15.5. The van der Waals surface area contributed by atoms with Crippen molar-refractivity contribution in [1.82, 2.24) is 4.90 Å². The van der Waals surface area contributed by atoms with Gasteiger partial charge in [-0.1, -0.05) is 11.6 Å². The largest absolute Gasteiger partial charge is 0.495 e. The maximum Gasteiger partial charge on any atom is 0.410 e. The minimum absolute atomic E-state index is 0.0107. The van der Waals surface area contributed by atoms with Crippen LogP contribution in [-0.2, 0) is 4.74 Å². The molecule has 2 rings (SSSR count). The van der Waals surface area contributed by atoms with Crippen molar-refractivity contribution in [3.05, 3.63) is 23.0 Å². The number of rotatable bonds is 2. The van der Waals surface area contributed by atoms with E-state index in [9.17, 15) is 9.18 Å². The van der Waals surface area contributed by atoms with Gasteiger partial charge in [0.1, 0.15) is 22.2 Å². The summed E-state index contributed by atoms with van der Waals surface area (Å²) in [4.78, 5) is 15.9. The summed E-state index contributed by atoms with van der Waals surface area (Å²) in [6, 6.07) is 3.12. The number of halogens is 2. The molecule has 1 heterocycles. The molecule has 1 amide bonds. The third-order valence-corrected chi connectivity index (χ3v) is 4.18. The maximum atomic E-state index is 14.0. The summed E-state index contributed by atoms with van der Waals surface area (Å²) in [5.74, 6) is -0.221. The molecule has 0 spiro atoms. The van der Waals surface area contributed by atoms with Crippen LogP contribution in [0, 0.1) is 5.82 Å². The molecule has 1 saturated heterocycles. The van der Waals surface area contributed by atoms with Crippen LogP contribution >= 0.6 is 11.6 Å². The molecule has 24 heavy (non-hydrogen) atoms. The summed E-state index contributed by atoms with van der Waals surface area (Å²) in [5.41, 5.74) is 0.162. The Hall–Kier alpha value is -1.69. The lowest BCUT2D eigenvalue weighted by Crippen LogP contribution is -2.54. The van der Waals surface area contributed by atoms with Crippen molar-refractivity contribution in [2.45, 2.75) is 39.3 Å². The quantitative estimate of drug-likeness (QED) is 0.803. The number of methoxy groups -OCH3 is 1. The van der Waals surface area contributed by atoms with Crippen molar-refractivity contribution in [2.75, 3.05) is 31.6 Å². The molecule has 0 radical (unpaired) electrons. The van der Waals surface area contributed by atoms with Gasteiger partial charge in [-0.15, -0.1) is 0 Å². The lowest BCUT2D eigenvalue weighted by Gasteiger charge is -2.41. The highest BCUT2D eigenvalue weighted by atomic mass is 35.5. The first-order valence-electron chi connectivity index (χ1n) is 7.90. The topological polar surface area (TPSA) is 42.0 Å². The molecule has 0 N–H and O–H groups in total. The van der Waals surface area contributed by atoms with Crippen LogP contribution in [0.2, 0.25) is 5.02 Å². The van der Waals surface area contributed by atoms with Crippen LogP contribution in [0.3, 0.4) is 0 Å². The van der Waals surface area contributed by atoms with Crippen LogP contribution < -0.4 is 9.64 Å². The molecular weight excluding hydrogens is 335 g/mol. The Labute approximate surface area is 147 Å². The normalized spacial score (nSPS) is 18.5. The van der Waals surface area contributed by atoms with E-state index in [4.69, 9.17) is 21.1 Å². The molecule has 1 fully saturated rings. The Kier molecular flexibility index (Phi) is 5.48. The van der Waals surface area contributed by atoms with Crippen LogP contribution in [0.1, 0.15) is 27.7 Å². The van der Waals surface area contributed by atoms with Crippen LogP contribution in [0.25, 0.3) is 0 Å². The zero-order valence-electron chi connectivity index (χ0n) is 14.7. The van der Waals surface area contributed by atoms with Crippen molar-refractivity contribution < 1.29 is 18.7 Å². The van der Waals surface area contributed by atoms with Gasteiger partial charge in [0.15, 0.2) is 0 Å². The van der Waals surface area contributed by atoms with Crippen molar-refractivity contribution in [3.8, 4) is 5.75 Å².